The number of nitrogens with one attached hydrogen (secondary N) is 1. The van der Waals surface area contributed by atoms with Gasteiger partial charge in [0.05, 0.1) is 24.4 Å². The Morgan fingerprint density at radius 2 is 2.09 bits per heavy atom. The first-order chi connectivity index (χ1) is 15.7. The molecule has 0 radical (unpaired) electrons. The molecule has 2 saturated heterocycles. The minimum atomic E-state index is -4.33. The quantitative estimate of drug-likeness (QED) is 0.685. The van der Waals surface area contributed by atoms with Crippen molar-refractivity contribution in [3.8, 4) is 0 Å². The Morgan fingerprint density at radius 1 is 1.27 bits per heavy atom. The van der Waals surface area contributed by atoms with E-state index < -0.39 is 25.0 Å². The molecule has 0 bridgehead atoms. The molecule has 10 heteroatoms. The molecule has 4 heterocycles. The van der Waals surface area contributed by atoms with Crippen molar-refractivity contribution >= 4 is 11.6 Å². The van der Waals surface area contributed by atoms with E-state index in [4.69, 9.17) is 4.74 Å². The van der Waals surface area contributed by atoms with E-state index in [2.05, 4.69) is 28.4 Å². The van der Waals surface area contributed by atoms with Gasteiger partial charge >= 0.3 is 6.18 Å². The van der Waals surface area contributed by atoms with Crippen molar-refractivity contribution in [2.24, 2.45) is 0 Å². The van der Waals surface area contributed by atoms with Crippen LogP contribution in [-0.4, -0.2) is 65.6 Å². The summed E-state index contributed by atoms with van der Waals surface area (Å²) >= 11 is 0. The highest BCUT2D eigenvalue weighted by atomic mass is 19.4. The largest absolute Gasteiger partial charge is 0.390 e. The van der Waals surface area contributed by atoms with Crippen molar-refractivity contribution < 1.29 is 22.7 Å². The Kier molecular flexibility index (Phi) is 7.13. The lowest BCUT2D eigenvalue weighted by molar-refractivity contribution is -0.133. The predicted octanol–water partition coefficient (Wildman–Crippen LogP) is 4.01. The number of carbonyl (C=O) groups excluding carboxylic acids is 1. The summed E-state index contributed by atoms with van der Waals surface area (Å²) in [6, 6.07) is 0.311. The maximum Gasteiger partial charge on any atom is 0.390 e. The zero-order valence-corrected chi connectivity index (χ0v) is 19.1. The molecule has 1 aromatic rings. The summed E-state index contributed by atoms with van der Waals surface area (Å²) in [5, 5.41) is 6.87. The van der Waals surface area contributed by atoms with Gasteiger partial charge in [0.15, 0.2) is 11.9 Å². The van der Waals surface area contributed by atoms with Gasteiger partial charge < -0.3 is 15.0 Å². The van der Waals surface area contributed by atoms with Gasteiger partial charge in [-0.3, -0.25) is 9.69 Å². The van der Waals surface area contributed by atoms with Gasteiger partial charge in [-0.05, 0) is 58.2 Å². The molecular formula is C23H32F3N5O2. The molecule has 182 valence electrons. The molecule has 2 fully saturated rings. The maximum absolute atomic E-state index is 12.9. The summed E-state index contributed by atoms with van der Waals surface area (Å²) in [4.78, 5) is 17.1. The van der Waals surface area contributed by atoms with E-state index in [0.717, 1.165) is 44.2 Å². The molecule has 0 aromatic carbocycles. The molecule has 0 spiro atoms. The lowest BCUT2D eigenvalue weighted by Crippen LogP contribution is -2.32. The number of alkyl halides is 3. The van der Waals surface area contributed by atoms with Gasteiger partial charge in [0, 0.05) is 25.3 Å². The zero-order valence-electron chi connectivity index (χ0n) is 19.1. The number of aromatic nitrogens is 2. The molecule has 0 aliphatic carbocycles. The van der Waals surface area contributed by atoms with Crippen LogP contribution in [0.5, 0.6) is 0 Å². The van der Waals surface area contributed by atoms with Crippen LogP contribution in [0.2, 0.25) is 0 Å². The summed E-state index contributed by atoms with van der Waals surface area (Å²) in [6.45, 7) is 3.11. The van der Waals surface area contributed by atoms with Crippen molar-refractivity contribution in [2.45, 2.75) is 70.0 Å². The van der Waals surface area contributed by atoms with E-state index in [1.807, 2.05) is 24.1 Å². The standard InChI is InChI=1S/C23H32F3N5O2/c1-16-6-3-9-20(33-16)31-15-19(21(28-31)22(32)27-11-10-23(24,25)26)30-13-4-7-17(14-30)18-8-5-12-29(18)2/h4,7,14-16,18,20H,3,5-6,8-13H2,1-2H3,(H,27,32). The van der Waals surface area contributed by atoms with E-state index >= 15 is 0 Å². The molecular weight excluding hydrogens is 435 g/mol. The van der Waals surface area contributed by atoms with E-state index in [-0.39, 0.29) is 18.0 Å². The average molecular weight is 468 g/mol. The molecule has 3 atom stereocenters. The Balaban J connectivity index is 1.60. The van der Waals surface area contributed by atoms with Gasteiger partial charge in [0.25, 0.3) is 5.91 Å². The van der Waals surface area contributed by atoms with Gasteiger partial charge in [-0.2, -0.15) is 18.3 Å². The number of anilines is 1. The third-order valence-corrected chi connectivity index (χ3v) is 6.50. The molecule has 33 heavy (non-hydrogen) atoms. The molecule has 3 aliphatic rings. The van der Waals surface area contributed by atoms with Crippen LogP contribution in [0.15, 0.2) is 30.1 Å². The van der Waals surface area contributed by atoms with Crippen molar-refractivity contribution in [1.29, 1.82) is 0 Å². The fourth-order valence-electron chi connectivity index (χ4n) is 4.76. The number of hydrogen-bond acceptors (Lipinski definition) is 5. The van der Waals surface area contributed by atoms with Gasteiger partial charge in [0.2, 0.25) is 0 Å². The number of ether oxygens (including phenoxy) is 1. The Hall–Kier alpha value is -2.33. The number of halogens is 3. The van der Waals surface area contributed by atoms with E-state index in [1.165, 1.54) is 0 Å². The number of carbonyl (C=O) groups is 1. The highest BCUT2D eigenvalue weighted by Crippen LogP contribution is 2.32. The Bertz CT molecular complexity index is 910. The first-order valence-electron chi connectivity index (χ1n) is 11.7. The summed E-state index contributed by atoms with van der Waals surface area (Å²) in [5.74, 6) is -0.612. The summed E-state index contributed by atoms with van der Waals surface area (Å²) in [5.41, 5.74) is 1.84. The maximum atomic E-state index is 12.9. The molecule has 3 unspecified atom stereocenters. The van der Waals surface area contributed by atoms with Gasteiger partial charge in [-0.25, -0.2) is 4.68 Å². The number of likely N-dealkylation sites (N-methyl/N-ethyl adjacent to an activating group) is 1. The third-order valence-electron chi connectivity index (χ3n) is 6.50. The monoisotopic (exact) mass is 467 g/mol. The zero-order chi connectivity index (χ0) is 23.6. The van der Waals surface area contributed by atoms with Crippen LogP contribution < -0.4 is 10.2 Å². The number of rotatable bonds is 6. The second kappa shape index (κ2) is 9.89. The number of amides is 1. The van der Waals surface area contributed by atoms with Crippen LogP contribution in [0.4, 0.5) is 18.9 Å². The first-order valence-corrected chi connectivity index (χ1v) is 11.7. The second-order valence-corrected chi connectivity index (χ2v) is 9.12. The van der Waals surface area contributed by atoms with E-state index in [9.17, 15) is 18.0 Å². The molecule has 1 amide bonds. The Labute approximate surface area is 192 Å². The smallest absolute Gasteiger partial charge is 0.354 e. The second-order valence-electron chi connectivity index (χ2n) is 9.12. The van der Waals surface area contributed by atoms with Crippen LogP contribution in [0.1, 0.15) is 62.2 Å². The van der Waals surface area contributed by atoms with Crippen LogP contribution in [0, 0.1) is 0 Å². The summed E-state index contributed by atoms with van der Waals surface area (Å²) in [7, 11) is 2.10. The summed E-state index contributed by atoms with van der Waals surface area (Å²) < 4.78 is 45.4. The van der Waals surface area contributed by atoms with Crippen molar-refractivity contribution in [2.75, 3.05) is 31.6 Å². The Morgan fingerprint density at radius 3 is 2.79 bits per heavy atom. The molecule has 1 aromatic heterocycles. The van der Waals surface area contributed by atoms with E-state index in [0.29, 0.717) is 18.3 Å². The van der Waals surface area contributed by atoms with Crippen LogP contribution in [0.25, 0.3) is 0 Å². The van der Waals surface area contributed by atoms with Crippen LogP contribution in [-0.2, 0) is 4.74 Å². The number of nitrogens with zero attached hydrogens (tertiary/aromatic N) is 4. The van der Waals surface area contributed by atoms with Gasteiger partial charge in [-0.15, -0.1) is 0 Å². The average Bonchev–Trinajstić information content (AvgIpc) is 3.40. The molecule has 4 rings (SSSR count). The van der Waals surface area contributed by atoms with Crippen LogP contribution in [0.3, 0.4) is 0 Å². The highest BCUT2D eigenvalue weighted by molar-refractivity contribution is 5.98. The molecule has 0 saturated carbocycles. The van der Waals surface area contributed by atoms with Crippen molar-refractivity contribution in [3.63, 3.8) is 0 Å². The summed E-state index contributed by atoms with van der Waals surface area (Å²) in [6.07, 6.45) is 7.28. The van der Waals surface area contributed by atoms with Crippen molar-refractivity contribution in [3.05, 3.63) is 35.8 Å². The first kappa shape index (κ1) is 23.8. The molecule has 1 N–H and O–H groups in total. The molecule has 7 nitrogen and oxygen atoms in total. The predicted molar refractivity (Wildman–Crippen MR) is 119 cm³/mol. The third kappa shape index (κ3) is 5.78. The van der Waals surface area contributed by atoms with Gasteiger partial charge in [0.1, 0.15) is 0 Å². The minimum absolute atomic E-state index is 0.0859. The SMILES string of the molecule is CC1CCCC(n2cc(N3C=C(C4CCCN4C)C=CC3)c(C(=O)NCCC(F)(F)F)n2)O1. The normalized spacial score (nSPS) is 26.5. The minimum Gasteiger partial charge on any atom is -0.354 e. The van der Waals surface area contributed by atoms with Crippen molar-refractivity contribution in [1.82, 2.24) is 20.0 Å². The number of likely N-dealkylation sites (tertiary alicyclic amines) is 1. The lowest BCUT2D eigenvalue weighted by Gasteiger charge is -2.28. The van der Waals surface area contributed by atoms with Crippen LogP contribution >= 0.6 is 0 Å². The van der Waals surface area contributed by atoms with Gasteiger partial charge in [-0.1, -0.05) is 12.2 Å². The lowest BCUT2D eigenvalue weighted by atomic mass is 10.0. The molecule has 3 aliphatic heterocycles. The van der Waals surface area contributed by atoms with E-state index in [1.54, 1.807) is 10.9 Å². The highest BCUT2D eigenvalue weighted by Gasteiger charge is 2.30. The fraction of sp³-hybridized carbons (Fsp3) is 0.652. The topological polar surface area (TPSA) is 62.6 Å². The number of hydrogen-bond donors (Lipinski definition) is 1. The fourth-order valence-corrected chi connectivity index (χ4v) is 4.76.